The molecule has 2 aliphatic heterocycles. The number of hydrogen-bond acceptors (Lipinski definition) is 13. The molecule has 1 saturated heterocycles. The van der Waals surface area contributed by atoms with Crippen LogP contribution < -0.4 is 4.74 Å². The van der Waals surface area contributed by atoms with Crippen LogP contribution in [0.2, 0.25) is 0 Å². The summed E-state index contributed by atoms with van der Waals surface area (Å²) in [6.45, 7) is -0.556. The zero-order chi connectivity index (χ0) is 32.4. The number of aromatic hydroxyl groups is 6. The van der Waals surface area contributed by atoms with E-state index in [-0.39, 0.29) is 51.6 Å². The Kier molecular flexibility index (Phi) is 8.92. The molecular weight excluding hydrogens is 596 g/mol. The van der Waals surface area contributed by atoms with Gasteiger partial charge in [0.05, 0.1) is 18.7 Å². The van der Waals surface area contributed by atoms with Crippen molar-refractivity contribution in [2.45, 2.75) is 36.8 Å². The minimum Gasteiger partial charge on any atom is -0.571 e. The van der Waals surface area contributed by atoms with E-state index >= 15 is 0 Å². The van der Waals surface area contributed by atoms with Crippen LogP contribution in [0.15, 0.2) is 60.4 Å². The molecule has 2 aliphatic rings. The number of rotatable bonds is 8. The molecule has 0 spiro atoms. The molecule has 0 amide bonds. The number of esters is 1. The molecule has 0 saturated carbocycles. The molecular formula is C31H31O14+. The molecule has 0 radical (unpaired) electrons. The Hall–Kier alpha value is -5.15. The van der Waals surface area contributed by atoms with Crippen molar-refractivity contribution in [1.82, 2.24) is 0 Å². The Morgan fingerprint density at radius 2 is 1.64 bits per heavy atom. The minimum absolute atomic E-state index is 0.0136. The van der Waals surface area contributed by atoms with Crippen molar-refractivity contribution in [1.29, 1.82) is 0 Å². The van der Waals surface area contributed by atoms with E-state index in [2.05, 4.69) is 4.74 Å². The Morgan fingerprint density at radius 3 is 2.38 bits per heavy atom. The lowest BCUT2D eigenvalue weighted by Crippen LogP contribution is -2.59. The van der Waals surface area contributed by atoms with Gasteiger partial charge >= 0.3 is 5.97 Å². The Labute approximate surface area is 255 Å². The summed E-state index contributed by atoms with van der Waals surface area (Å²) in [6.07, 6.45) is -5.44. The summed E-state index contributed by atoms with van der Waals surface area (Å²) >= 11 is 0. The predicted molar refractivity (Wildman–Crippen MR) is 154 cm³/mol. The number of carbonyl (C=O) groups excluding carboxylic acids is 1. The van der Waals surface area contributed by atoms with Crippen molar-refractivity contribution in [3.05, 3.63) is 77.1 Å². The van der Waals surface area contributed by atoms with E-state index in [4.69, 9.17) is 18.9 Å². The van der Waals surface area contributed by atoms with Gasteiger partial charge in [-0.3, -0.25) is 0 Å². The molecule has 14 nitrogen and oxygen atoms in total. The van der Waals surface area contributed by atoms with Crippen LogP contribution in [0.1, 0.15) is 22.8 Å². The van der Waals surface area contributed by atoms with Crippen molar-refractivity contribution in [3.63, 3.8) is 0 Å². The van der Waals surface area contributed by atoms with Gasteiger partial charge in [-0.1, -0.05) is 6.07 Å². The first-order chi connectivity index (χ1) is 21.4. The first-order valence-electron chi connectivity index (χ1n) is 13.5. The maximum Gasteiger partial charge on any atom is 0.330 e. The molecule has 6 unspecified atom stereocenters. The van der Waals surface area contributed by atoms with Crippen LogP contribution in [-0.4, -0.2) is 96.0 Å². The molecule has 3 aromatic rings. The van der Waals surface area contributed by atoms with E-state index in [1.165, 1.54) is 61.7 Å². The fourth-order valence-electron chi connectivity index (χ4n) is 4.80. The molecule has 45 heavy (non-hydrogen) atoms. The highest BCUT2D eigenvalue weighted by Gasteiger charge is 2.47. The quantitative estimate of drug-likeness (QED) is 0.0770. The average Bonchev–Trinajstić information content (AvgIpc) is 3.01. The molecule has 2 heterocycles. The van der Waals surface area contributed by atoms with Gasteiger partial charge in [-0.2, -0.15) is 0 Å². The van der Waals surface area contributed by atoms with Gasteiger partial charge in [0, 0.05) is 18.2 Å². The second kappa shape index (κ2) is 12.8. The first-order valence-corrected chi connectivity index (χ1v) is 13.5. The highest BCUT2D eigenvalue weighted by atomic mass is 16.7. The number of aliphatic hydroxyl groups is 4. The predicted octanol–water partition coefficient (Wildman–Crippen LogP) is 1.64. The molecule has 0 aliphatic carbocycles. The zero-order valence-corrected chi connectivity index (χ0v) is 23.6. The lowest BCUT2D eigenvalue weighted by molar-refractivity contribution is -0.296. The number of fused-ring (bicyclic) bond motifs is 1. The average molecular weight is 628 g/mol. The minimum atomic E-state index is -1.78. The summed E-state index contributed by atoms with van der Waals surface area (Å²) in [5, 5.41) is 81.4. The molecule has 5 rings (SSSR count). The van der Waals surface area contributed by atoms with E-state index in [0.717, 1.165) is 12.1 Å². The van der Waals surface area contributed by atoms with E-state index in [0.29, 0.717) is 11.1 Å². The van der Waals surface area contributed by atoms with Gasteiger partial charge in [0.1, 0.15) is 48.1 Å². The summed E-state index contributed by atoms with van der Waals surface area (Å²) in [6, 6.07) is 10.7. The molecule has 6 atom stereocenters. The number of ether oxygens (including phenoxy) is 5. The van der Waals surface area contributed by atoms with Gasteiger partial charge < -0.3 is 64.5 Å². The monoisotopic (exact) mass is 627 g/mol. The van der Waals surface area contributed by atoms with Gasteiger partial charge in [0.15, 0.2) is 28.8 Å². The molecule has 1 fully saturated rings. The summed E-state index contributed by atoms with van der Waals surface area (Å²) in [5.74, 6) is -1.94. The van der Waals surface area contributed by atoms with Crippen LogP contribution in [0.4, 0.5) is 0 Å². The van der Waals surface area contributed by atoms with Crippen molar-refractivity contribution >= 4 is 18.1 Å². The molecule has 3 aromatic carbocycles. The van der Waals surface area contributed by atoms with Crippen LogP contribution in [0.3, 0.4) is 0 Å². The van der Waals surface area contributed by atoms with Crippen molar-refractivity contribution in [2.24, 2.45) is 0 Å². The normalized spacial score (nSPS) is 24.3. The van der Waals surface area contributed by atoms with Gasteiger partial charge in [-0.05, 0) is 42.0 Å². The maximum absolute atomic E-state index is 12.3. The van der Waals surface area contributed by atoms with E-state index in [9.17, 15) is 45.6 Å². The van der Waals surface area contributed by atoms with E-state index < -0.39 is 49.4 Å². The molecule has 9 N–H and O–H groups in total. The summed E-state index contributed by atoms with van der Waals surface area (Å²) in [5.41, 5.74) is 1.00. The second-order valence-electron chi connectivity index (χ2n) is 10.3. The van der Waals surface area contributed by atoms with Gasteiger partial charge in [0.2, 0.25) is 6.29 Å². The highest BCUT2D eigenvalue weighted by molar-refractivity contribution is 5.87. The fraction of sp³-hybridized carbons (Fsp3) is 0.258. The second-order valence-corrected chi connectivity index (χ2v) is 10.3. The van der Waals surface area contributed by atoms with E-state index in [1.807, 2.05) is 0 Å². The molecule has 14 heteroatoms. The van der Waals surface area contributed by atoms with E-state index in [1.54, 1.807) is 0 Å². The topological polar surface area (TPSA) is 229 Å². The number of phenols is 5. The number of benzene rings is 3. The third-order valence-corrected chi connectivity index (χ3v) is 7.19. The standard InChI is InChI=1S/C31H30O14/c1-41-23-9-15(4-6-19(23)34)30-24(12-17-20(35)10-16(32)11-22(17)43-30)44-31-29(40)28(39)27(38)25(45-31)13-42-26(37)7-3-14-2-5-18(33)21(36)8-14/h2-12,25,27-36,38-40H,13H2,1H3/p+1. The number of aliphatic hydroxyl groups excluding tert-OH is 3. The lowest BCUT2D eigenvalue weighted by atomic mass is 9.98. The van der Waals surface area contributed by atoms with Crippen LogP contribution in [0.5, 0.6) is 40.2 Å². The van der Waals surface area contributed by atoms with Crippen LogP contribution >= 0.6 is 0 Å². The molecule has 0 bridgehead atoms. The third-order valence-electron chi connectivity index (χ3n) is 7.19. The Bertz CT molecular complexity index is 1630. The van der Waals surface area contributed by atoms with Crippen molar-refractivity contribution < 1.29 is 69.3 Å². The third kappa shape index (κ3) is 6.68. The number of carbonyl (C=O) groups is 1. The van der Waals surface area contributed by atoms with Crippen LogP contribution in [-0.2, 0) is 19.0 Å². The molecule has 0 aromatic heterocycles. The maximum atomic E-state index is 12.3. The van der Waals surface area contributed by atoms with Gasteiger partial charge in [0.25, 0.3) is 11.9 Å². The summed E-state index contributed by atoms with van der Waals surface area (Å²) in [4.78, 5) is 12.3. The lowest BCUT2D eigenvalue weighted by Gasteiger charge is -2.40. The van der Waals surface area contributed by atoms with Crippen LogP contribution in [0, 0.1) is 0 Å². The Morgan fingerprint density at radius 1 is 0.889 bits per heavy atom. The fourth-order valence-corrected chi connectivity index (χ4v) is 4.80. The number of methoxy groups -OCH3 is 1. The smallest absolute Gasteiger partial charge is 0.330 e. The van der Waals surface area contributed by atoms with Crippen molar-refractivity contribution in [3.8, 4) is 40.2 Å². The summed E-state index contributed by atoms with van der Waals surface area (Å²) < 4.78 is 26.6. The Balaban J connectivity index is 1.36. The summed E-state index contributed by atoms with van der Waals surface area (Å²) in [7, 11) is 1.36. The van der Waals surface area contributed by atoms with Gasteiger partial charge in [-0.15, -0.1) is 0 Å². The number of phenolic OH excluding ortho intramolecular Hbond substituents is 5. The van der Waals surface area contributed by atoms with Crippen LogP contribution in [0.25, 0.3) is 12.2 Å². The number of hydrogen-bond donors (Lipinski definition) is 8. The van der Waals surface area contributed by atoms with Gasteiger partial charge in [-0.25, -0.2) is 4.79 Å². The zero-order valence-electron chi connectivity index (χ0n) is 23.6. The SMILES string of the molecule is COc1cc(C2[OH+]c3cc(O)cc(O)c3C=C2OC2OC(COC(=O)C=Cc3ccc(O)c(O)c3)C(O)C(O)C2O)ccc1O. The first kappa shape index (κ1) is 31.3. The van der Waals surface area contributed by atoms with Crippen molar-refractivity contribution in [2.75, 3.05) is 13.7 Å². The highest BCUT2D eigenvalue weighted by Crippen LogP contribution is 2.46. The molecule has 238 valence electrons. The largest absolute Gasteiger partial charge is 0.571 e.